The van der Waals surface area contributed by atoms with Gasteiger partial charge in [0.1, 0.15) is 11.5 Å². The van der Waals surface area contributed by atoms with Gasteiger partial charge < -0.3 is 19.7 Å². The number of rotatable bonds is 5. The van der Waals surface area contributed by atoms with E-state index >= 15 is 0 Å². The van der Waals surface area contributed by atoms with Gasteiger partial charge in [-0.05, 0) is 55.5 Å². The molecular formula is C20H24N2O3S. The zero-order valence-corrected chi connectivity index (χ0v) is 16.1. The molecule has 5 nitrogen and oxygen atoms in total. The van der Waals surface area contributed by atoms with E-state index in [4.69, 9.17) is 9.47 Å². The Bertz CT molecular complexity index is 781. The zero-order valence-electron chi connectivity index (χ0n) is 15.3. The molecule has 2 aromatic rings. The second kappa shape index (κ2) is 8.36. The van der Waals surface area contributed by atoms with Crippen molar-refractivity contribution < 1.29 is 14.3 Å². The Kier molecular flexibility index (Phi) is 5.93. The van der Waals surface area contributed by atoms with Crippen molar-refractivity contribution in [3.63, 3.8) is 0 Å². The van der Waals surface area contributed by atoms with Crippen molar-refractivity contribution in [3.8, 4) is 11.5 Å². The van der Waals surface area contributed by atoms with E-state index in [1.165, 1.54) is 0 Å². The van der Waals surface area contributed by atoms with Crippen LogP contribution < -0.4 is 14.8 Å². The minimum absolute atomic E-state index is 0.0243. The van der Waals surface area contributed by atoms with E-state index in [1.54, 1.807) is 26.0 Å². The third kappa shape index (κ3) is 3.90. The van der Waals surface area contributed by atoms with Gasteiger partial charge in [-0.25, -0.2) is 4.79 Å². The molecule has 3 rings (SSSR count). The van der Waals surface area contributed by atoms with Gasteiger partial charge in [0, 0.05) is 22.7 Å². The van der Waals surface area contributed by atoms with Gasteiger partial charge in [0.15, 0.2) is 0 Å². The monoisotopic (exact) mass is 372 g/mol. The minimum atomic E-state index is -0.0874. The van der Waals surface area contributed by atoms with Crippen LogP contribution in [0.15, 0.2) is 47.4 Å². The van der Waals surface area contributed by atoms with E-state index in [0.29, 0.717) is 0 Å². The summed E-state index contributed by atoms with van der Waals surface area (Å²) in [6.45, 7) is 0.721. The number of benzene rings is 2. The van der Waals surface area contributed by atoms with Crippen molar-refractivity contribution in [3.05, 3.63) is 48.0 Å². The molecule has 138 valence electrons. The molecule has 2 amide bonds. The van der Waals surface area contributed by atoms with Crippen LogP contribution >= 0.6 is 11.8 Å². The van der Waals surface area contributed by atoms with Crippen LogP contribution in [-0.4, -0.2) is 38.0 Å². The first kappa shape index (κ1) is 18.5. The Balaban J connectivity index is 1.82. The van der Waals surface area contributed by atoms with Crippen LogP contribution in [0.5, 0.6) is 11.5 Å². The van der Waals surface area contributed by atoms with Gasteiger partial charge in [0.05, 0.1) is 20.3 Å². The maximum Gasteiger partial charge on any atom is 0.322 e. The summed E-state index contributed by atoms with van der Waals surface area (Å²) in [5, 5.41) is 3.03. The average Bonchev–Trinajstić information content (AvgIpc) is 3.17. The molecule has 2 aromatic carbocycles. The molecule has 1 unspecified atom stereocenters. The number of amides is 2. The first-order valence-corrected chi connectivity index (χ1v) is 9.82. The molecule has 1 N–H and O–H groups in total. The van der Waals surface area contributed by atoms with E-state index in [0.717, 1.165) is 47.0 Å². The van der Waals surface area contributed by atoms with E-state index in [2.05, 4.69) is 5.32 Å². The summed E-state index contributed by atoms with van der Waals surface area (Å²) in [4.78, 5) is 15.9. The molecule has 0 aromatic heterocycles. The SMILES string of the molecule is COc1ccc(OC)c(C2CCCN2C(=O)Nc2cccc(SC)c2)c1. The lowest BCUT2D eigenvalue weighted by atomic mass is 10.0. The second-order valence-corrected chi connectivity index (χ2v) is 7.00. The number of hydrogen-bond donors (Lipinski definition) is 1. The summed E-state index contributed by atoms with van der Waals surface area (Å²) >= 11 is 1.65. The molecule has 26 heavy (non-hydrogen) atoms. The number of carbonyl (C=O) groups excluding carboxylic acids is 1. The molecule has 1 aliphatic rings. The molecule has 1 aliphatic heterocycles. The summed E-state index contributed by atoms with van der Waals surface area (Å²) in [6, 6.07) is 13.5. The van der Waals surface area contributed by atoms with Crippen molar-refractivity contribution in [1.29, 1.82) is 0 Å². The van der Waals surface area contributed by atoms with Crippen molar-refractivity contribution in [2.45, 2.75) is 23.8 Å². The van der Waals surface area contributed by atoms with Gasteiger partial charge in [-0.2, -0.15) is 0 Å². The number of urea groups is 1. The number of hydrogen-bond acceptors (Lipinski definition) is 4. The maximum absolute atomic E-state index is 12.9. The number of thioether (sulfide) groups is 1. The average molecular weight is 372 g/mol. The third-order valence-corrected chi connectivity index (χ3v) is 5.36. The van der Waals surface area contributed by atoms with Crippen LogP contribution in [0.1, 0.15) is 24.4 Å². The lowest BCUT2D eigenvalue weighted by molar-refractivity contribution is 0.206. The number of ether oxygens (including phenoxy) is 2. The van der Waals surface area contributed by atoms with Crippen LogP contribution in [0.25, 0.3) is 0 Å². The molecule has 1 heterocycles. The highest BCUT2D eigenvalue weighted by Crippen LogP contribution is 2.39. The highest BCUT2D eigenvalue weighted by atomic mass is 32.2. The molecule has 0 spiro atoms. The van der Waals surface area contributed by atoms with E-state index in [1.807, 2.05) is 53.6 Å². The lowest BCUT2D eigenvalue weighted by Gasteiger charge is -2.27. The molecule has 0 radical (unpaired) electrons. The van der Waals surface area contributed by atoms with Gasteiger partial charge in [0.2, 0.25) is 0 Å². The molecule has 1 saturated heterocycles. The van der Waals surface area contributed by atoms with Crippen molar-refractivity contribution >= 4 is 23.5 Å². The van der Waals surface area contributed by atoms with Crippen molar-refractivity contribution in [1.82, 2.24) is 4.90 Å². The van der Waals surface area contributed by atoms with Crippen molar-refractivity contribution in [2.75, 3.05) is 32.3 Å². The van der Waals surface area contributed by atoms with Crippen molar-refractivity contribution in [2.24, 2.45) is 0 Å². The normalized spacial score (nSPS) is 16.4. The minimum Gasteiger partial charge on any atom is -0.497 e. The van der Waals surface area contributed by atoms with Crippen LogP contribution in [-0.2, 0) is 0 Å². The fourth-order valence-corrected chi connectivity index (χ4v) is 3.79. The smallest absolute Gasteiger partial charge is 0.322 e. The first-order valence-electron chi connectivity index (χ1n) is 8.60. The topological polar surface area (TPSA) is 50.8 Å². The third-order valence-electron chi connectivity index (χ3n) is 4.63. The molecule has 0 bridgehead atoms. The largest absolute Gasteiger partial charge is 0.497 e. The quantitative estimate of drug-likeness (QED) is 0.767. The molecular weight excluding hydrogens is 348 g/mol. The molecule has 0 aliphatic carbocycles. The predicted molar refractivity (Wildman–Crippen MR) is 105 cm³/mol. The Morgan fingerprint density at radius 3 is 2.77 bits per heavy atom. The number of carbonyl (C=O) groups is 1. The van der Waals surface area contributed by atoms with E-state index < -0.39 is 0 Å². The maximum atomic E-state index is 12.9. The first-order chi connectivity index (χ1) is 12.7. The van der Waals surface area contributed by atoms with Gasteiger partial charge in [0.25, 0.3) is 0 Å². The van der Waals surface area contributed by atoms with Gasteiger partial charge in [-0.15, -0.1) is 11.8 Å². The summed E-state index contributed by atoms with van der Waals surface area (Å²) < 4.78 is 10.9. The Morgan fingerprint density at radius 2 is 2.04 bits per heavy atom. The highest BCUT2D eigenvalue weighted by Gasteiger charge is 2.32. The number of nitrogens with zero attached hydrogens (tertiary/aromatic N) is 1. The number of anilines is 1. The summed E-state index contributed by atoms with van der Waals surface area (Å²) in [5.41, 5.74) is 1.79. The lowest BCUT2D eigenvalue weighted by Crippen LogP contribution is -2.34. The summed E-state index contributed by atoms with van der Waals surface area (Å²) in [6.07, 6.45) is 3.89. The molecule has 1 atom stereocenters. The number of methoxy groups -OCH3 is 2. The summed E-state index contributed by atoms with van der Waals surface area (Å²) in [7, 11) is 3.29. The molecule has 6 heteroatoms. The Hall–Kier alpha value is -2.34. The van der Waals surface area contributed by atoms with Gasteiger partial charge >= 0.3 is 6.03 Å². The van der Waals surface area contributed by atoms with Crippen LogP contribution in [0, 0.1) is 0 Å². The van der Waals surface area contributed by atoms with Gasteiger partial charge in [-0.3, -0.25) is 0 Å². The van der Waals surface area contributed by atoms with E-state index in [-0.39, 0.29) is 12.1 Å². The van der Waals surface area contributed by atoms with Crippen LogP contribution in [0.2, 0.25) is 0 Å². The Labute approximate surface area is 158 Å². The Morgan fingerprint density at radius 1 is 1.19 bits per heavy atom. The zero-order chi connectivity index (χ0) is 18.5. The second-order valence-electron chi connectivity index (χ2n) is 6.12. The number of nitrogens with one attached hydrogen (secondary N) is 1. The van der Waals surface area contributed by atoms with E-state index in [9.17, 15) is 4.79 Å². The van der Waals surface area contributed by atoms with Crippen LogP contribution in [0.3, 0.4) is 0 Å². The fraction of sp³-hybridized carbons (Fsp3) is 0.350. The molecule has 1 fully saturated rings. The highest BCUT2D eigenvalue weighted by molar-refractivity contribution is 7.98. The molecule has 0 saturated carbocycles. The van der Waals surface area contributed by atoms with Gasteiger partial charge in [-0.1, -0.05) is 6.07 Å². The fourth-order valence-electron chi connectivity index (χ4n) is 3.33. The predicted octanol–water partition coefficient (Wildman–Crippen LogP) is 4.79. The van der Waals surface area contributed by atoms with Crippen LogP contribution in [0.4, 0.5) is 10.5 Å². The summed E-state index contributed by atoms with van der Waals surface area (Å²) in [5.74, 6) is 1.54. The number of likely N-dealkylation sites (tertiary alicyclic amines) is 1. The standard InChI is InChI=1S/C20H24N2O3S/c1-24-15-9-10-19(25-2)17(13-15)18-8-5-11-22(18)20(23)21-14-6-4-7-16(12-14)26-3/h4,6-7,9-10,12-13,18H,5,8,11H2,1-3H3,(H,21,23).